The summed E-state index contributed by atoms with van der Waals surface area (Å²) < 4.78 is 17.0. The van der Waals surface area contributed by atoms with Crippen LogP contribution in [-0.4, -0.2) is 29.9 Å². The van der Waals surface area contributed by atoms with Crippen molar-refractivity contribution in [1.82, 2.24) is 0 Å². The summed E-state index contributed by atoms with van der Waals surface area (Å²) in [5, 5.41) is 10.2. The van der Waals surface area contributed by atoms with Gasteiger partial charge in [0.25, 0.3) is 0 Å². The minimum absolute atomic E-state index is 0.207. The van der Waals surface area contributed by atoms with Crippen molar-refractivity contribution in [3.8, 4) is 11.5 Å². The molecule has 0 radical (unpaired) electrons. The molecule has 3 rings (SSSR count). The number of hydrogen-bond donors (Lipinski definition) is 1. The molecule has 0 bridgehead atoms. The lowest BCUT2D eigenvalue weighted by molar-refractivity contribution is -0.137. The minimum atomic E-state index is -0.448. The molecule has 1 aliphatic carbocycles. The molecule has 1 aliphatic rings. The molecule has 0 aromatic heterocycles. The number of carbonyl (C=O) groups is 1. The number of benzene rings is 2. The molecule has 0 saturated heterocycles. The Morgan fingerprint density at radius 1 is 1.14 bits per heavy atom. The molecule has 2 atom stereocenters. The van der Waals surface area contributed by atoms with Gasteiger partial charge in [0.15, 0.2) is 0 Å². The summed E-state index contributed by atoms with van der Waals surface area (Å²) in [5.74, 6) is 0.882. The second-order valence-corrected chi connectivity index (χ2v) is 7.07. The number of carbonyl (C=O) groups excluding carboxylic acids is 1. The first-order chi connectivity index (χ1) is 14.2. The highest BCUT2D eigenvalue weighted by atomic mass is 16.5. The molecule has 0 amide bonds. The van der Waals surface area contributed by atoms with Gasteiger partial charge < -0.3 is 19.3 Å². The van der Waals surface area contributed by atoms with E-state index < -0.39 is 12.1 Å². The molecular formula is C24H28O5. The fourth-order valence-electron chi connectivity index (χ4n) is 3.33. The standard InChI is InChI=1S/C24H28O5/c1-2-27-24(26)15-12-19-16-20(29-23-11-7-6-10-21(23)25)13-14-22(19)28-17-18-8-4-3-5-9-18/h3-5,8-9,12-16,21,23,25H,2,6-7,10-11,17H2,1H3/b15-12+. The maximum absolute atomic E-state index is 11.7. The van der Waals surface area contributed by atoms with Crippen LogP contribution in [0.1, 0.15) is 43.7 Å². The van der Waals surface area contributed by atoms with Gasteiger partial charge in [0, 0.05) is 11.6 Å². The summed E-state index contributed by atoms with van der Waals surface area (Å²) in [6.45, 7) is 2.51. The van der Waals surface area contributed by atoms with E-state index in [9.17, 15) is 9.90 Å². The molecule has 1 N–H and O–H groups in total. The average molecular weight is 396 g/mol. The lowest BCUT2D eigenvalue weighted by Crippen LogP contribution is -2.34. The molecule has 0 spiro atoms. The second kappa shape index (κ2) is 10.7. The third-order valence-corrected chi connectivity index (χ3v) is 4.86. The van der Waals surface area contributed by atoms with Gasteiger partial charge in [0.05, 0.1) is 12.7 Å². The first kappa shape index (κ1) is 20.9. The van der Waals surface area contributed by atoms with E-state index in [2.05, 4.69) is 0 Å². The number of aliphatic hydroxyl groups excluding tert-OH is 1. The normalized spacial score (nSPS) is 19.1. The van der Waals surface area contributed by atoms with Gasteiger partial charge in [-0.2, -0.15) is 0 Å². The molecule has 0 heterocycles. The van der Waals surface area contributed by atoms with E-state index >= 15 is 0 Å². The van der Waals surface area contributed by atoms with Crippen molar-refractivity contribution in [2.24, 2.45) is 0 Å². The van der Waals surface area contributed by atoms with Crippen LogP contribution in [0.4, 0.5) is 0 Å². The Bertz CT molecular complexity index is 815. The molecule has 1 saturated carbocycles. The first-order valence-corrected chi connectivity index (χ1v) is 10.2. The van der Waals surface area contributed by atoms with Crippen LogP contribution in [0.15, 0.2) is 54.6 Å². The topological polar surface area (TPSA) is 65.0 Å². The lowest BCUT2D eigenvalue weighted by atomic mass is 9.95. The Kier molecular flexibility index (Phi) is 7.70. The summed E-state index contributed by atoms with van der Waals surface area (Å²) in [7, 11) is 0. The van der Waals surface area contributed by atoms with Gasteiger partial charge in [-0.3, -0.25) is 0 Å². The molecule has 5 heteroatoms. The Labute approximate surface area is 171 Å². The third kappa shape index (κ3) is 6.36. The Hall–Kier alpha value is -2.79. The van der Waals surface area contributed by atoms with Gasteiger partial charge in [-0.15, -0.1) is 0 Å². The second-order valence-electron chi connectivity index (χ2n) is 7.07. The zero-order valence-corrected chi connectivity index (χ0v) is 16.8. The fraction of sp³-hybridized carbons (Fsp3) is 0.375. The van der Waals surface area contributed by atoms with E-state index in [1.807, 2.05) is 48.5 Å². The highest BCUT2D eigenvalue weighted by Crippen LogP contribution is 2.29. The molecule has 2 aromatic rings. The zero-order chi connectivity index (χ0) is 20.5. The fourth-order valence-corrected chi connectivity index (χ4v) is 3.33. The van der Waals surface area contributed by atoms with Crippen molar-refractivity contribution in [3.63, 3.8) is 0 Å². The van der Waals surface area contributed by atoms with E-state index in [1.165, 1.54) is 6.08 Å². The predicted octanol–water partition coefficient (Wildman–Crippen LogP) is 4.52. The van der Waals surface area contributed by atoms with Crippen molar-refractivity contribution >= 4 is 12.0 Å². The monoisotopic (exact) mass is 396 g/mol. The lowest BCUT2D eigenvalue weighted by Gasteiger charge is -2.28. The van der Waals surface area contributed by atoms with E-state index in [1.54, 1.807) is 13.0 Å². The average Bonchev–Trinajstić information content (AvgIpc) is 2.74. The Morgan fingerprint density at radius 2 is 1.93 bits per heavy atom. The predicted molar refractivity (Wildman–Crippen MR) is 112 cm³/mol. The van der Waals surface area contributed by atoms with Gasteiger partial charge in [0.2, 0.25) is 0 Å². The van der Waals surface area contributed by atoms with Crippen molar-refractivity contribution in [1.29, 1.82) is 0 Å². The molecule has 29 heavy (non-hydrogen) atoms. The number of hydrogen-bond acceptors (Lipinski definition) is 5. The molecule has 154 valence electrons. The number of aliphatic hydroxyl groups is 1. The highest BCUT2D eigenvalue weighted by molar-refractivity contribution is 5.87. The smallest absolute Gasteiger partial charge is 0.330 e. The van der Waals surface area contributed by atoms with Crippen LogP contribution in [0.5, 0.6) is 11.5 Å². The van der Waals surface area contributed by atoms with Crippen molar-refractivity contribution < 1.29 is 24.1 Å². The molecule has 2 aromatic carbocycles. The summed E-state index contributed by atoms with van der Waals surface area (Å²) in [6, 6.07) is 15.4. The summed E-state index contributed by atoms with van der Waals surface area (Å²) in [4.78, 5) is 11.7. The van der Waals surface area contributed by atoms with Crippen LogP contribution in [0.3, 0.4) is 0 Å². The minimum Gasteiger partial charge on any atom is -0.488 e. The van der Waals surface area contributed by atoms with Crippen LogP contribution in [-0.2, 0) is 16.1 Å². The Balaban J connectivity index is 1.77. The van der Waals surface area contributed by atoms with E-state index in [-0.39, 0.29) is 6.10 Å². The van der Waals surface area contributed by atoms with Crippen LogP contribution >= 0.6 is 0 Å². The Morgan fingerprint density at radius 3 is 2.69 bits per heavy atom. The summed E-state index contributed by atoms with van der Waals surface area (Å²) >= 11 is 0. The number of esters is 1. The van der Waals surface area contributed by atoms with Crippen molar-refractivity contribution in [3.05, 3.63) is 65.7 Å². The van der Waals surface area contributed by atoms with Gasteiger partial charge in [-0.25, -0.2) is 4.79 Å². The van der Waals surface area contributed by atoms with Gasteiger partial charge in [0.1, 0.15) is 24.2 Å². The molecule has 0 aliphatic heterocycles. The summed E-state index contributed by atoms with van der Waals surface area (Å²) in [6.07, 6.45) is 6.07. The number of rotatable bonds is 8. The summed E-state index contributed by atoms with van der Waals surface area (Å²) in [5.41, 5.74) is 1.77. The first-order valence-electron chi connectivity index (χ1n) is 10.2. The maximum atomic E-state index is 11.7. The van der Waals surface area contributed by atoms with Crippen molar-refractivity contribution in [2.75, 3.05) is 6.61 Å². The molecule has 2 unspecified atom stereocenters. The highest BCUT2D eigenvalue weighted by Gasteiger charge is 2.24. The van der Waals surface area contributed by atoms with Crippen LogP contribution < -0.4 is 9.47 Å². The number of ether oxygens (including phenoxy) is 3. The zero-order valence-electron chi connectivity index (χ0n) is 16.8. The van der Waals surface area contributed by atoms with E-state index in [4.69, 9.17) is 14.2 Å². The SMILES string of the molecule is CCOC(=O)/C=C/c1cc(OC2CCCCC2O)ccc1OCc1ccccc1. The van der Waals surface area contributed by atoms with Crippen LogP contribution in [0, 0.1) is 0 Å². The molecule has 1 fully saturated rings. The largest absolute Gasteiger partial charge is 0.488 e. The maximum Gasteiger partial charge on any atom is 0.330 e. The van der Waals surface area contributed by atoms with E-state index in [0.717, 1.165) is 36.8 Å². The van der Waals surface area contributed by atoms with Crippen LogP contribution in [0.2, 0.25) is 0 Å². The quantitative estimate of drug-likeness (QED) is 0.525. The van der Waals surface area contributed by atoms with Crippen LogP contribution in [0.25, 0.3) is 6.08 Å². The van der Waals surface area contributed by atoms with Gasteiger partial charge >= 0.3 is 5.97 Å². The van der Waals surface area contributed by atoms with E-state index in [0.29, 0.717) is 24.7 Å². The molecular weight excluding hydrogens is 368 g/mol. The third-order valence-electron chi connectivity index (χ3n) is 4.86. The molecule has 5 nitrogen and oxygen atoms in total. The van der Waals surface area contributed by atoms with Crippen molar-refractivity contribution in [2.45, 2.75) is 51.4 Å². The van der Waals surface area contributed by atoms with Gasteiger partial charge in [-0.1, -0.05) is 36.8 Å². The van der Waals surface area contributed by atoms with Gasteiger partial charge in [-0.05, 0) is 56.0 Å².